The van der Waals surface area contributed by atoms with Crippen LogP contribution in [0.5, 0.6) is 5.75 Å². The molecular formula is C21H22F6LiO2P. The number of alkyl halides is 6. The van der Waals surface area contributed by atoms with Gasteiger partial charge >= 0.3 is 31.2 Å². The number of hydrogen-bond acceptors (Lipinski definition) is 2. The molecule has 0 bridgehead atoms. The van der Waals surface area contributed by atoms with E-state index in [0.29, 0.717) is 35.9 Å². The van der Waals surface area contributed by atoms with Crippen molar-refractivity contribution in [2.45, 2.75) is 45.0 Å². The van der Waals surface area contributed by atoms with E-state index >= 15 is 0 Å². The standard InChI is InChI=1S/C21H21F6O2P.Li.H/c1-2-3-4-5-13-29-14-9-11-15(12-10-14)30-19(28)18-16(20(22,23)24)7-6-8-17(18)21(25,26)27;;/h6-12,30H,2-5,13H2,1H3;;. The molecular weight excluding hydrogens is 436 g/mol. The van der Waals surface area contributed by atoms with Gasteiger partial charge in [-0.2, -0.15) is 26.3 Å². The van der Waals surface area contributed by atoms with Gasteiger partial charge in [-0.05, 0) is 44.6 Å². The Balaban J connectivity index is 0.00000480. The molecule has 2 rings (SSSR count). The third kappa shape index (κ3) is 8.18. The number of benzene rings is 2. The van der Waals surface area contributed by atoms with E-state index in [1.807, 2.05) is 0 Å². The van der Waals surface area contributed by atoms with Gasteiger partial charge in [0.1, 0.15) is 5.75 Å². The Bertz CT molecular complexity index is 818. The Morgan fingerprint density at radius 1 is 0.871 bits per heavy atom. The molecule has 1 unspecified atom stereocenters. The van der Waals surface area contributed by atoms with E-state index in [1.54, 1.807) is 12.1 Å². The predicted octanol–water partition coefficient (Wildman–Crippen LogP) is 6.18. The molecule has 0 aromatic heterocycles. The zero-order valence-electron chi connectivity index (χ0n) is 16.2. The Morgan fingerprint density at radius 2 is 1.42 bits per heavy atom. The van der Waals surface area contributed by atoms with Crippen LogP contribution in [0.4, 0.5) is 26.3 Å². The van der Waals surface area contributed by atoms with Crippen molar-refractivity contribution in [2.75, 3.05) is 6.61 Å². The van der Waals surface area contributed by atoms with E-state index in [9.17, 15) is 31.1 Å². The van der Waals surface area contributed by atoms with Crippen LogP contribution >= 0.6 is 8.58 Å². The second-order valence-electron chi connectivity index (χ2n) is 6.61. The maximum atomic E-state index is 13.2. The quantitative estimate of drug-likeness (QED) is 0.194. The number of rotatable bonds is 9. The summed E-state index contributed by atoms with van der Waals surface area (Å²) in [6.07, 6.45) is -6.05. The summed E-state index contributed by atoms with van der Waals surface area (Å²) in [5.41, 5.74) is -5.72. The fourth-order valence-corrected chi connectivity index (χ4v) is 3.81. The summed E-state index contributed by atoms with van der Waals surface area (Å²) in [7, 11) is -0.889. The number of hydrogen-bond donors (Lipinski definition) is 0. The monoisotopic (exact) mass is 458 g/mol. The molecule has 2 aromatic rings. The van der Waals surface area contributed by atoms with Crippen LogP contribution in [0, 0.1) is 0 Å². The molecule has 1 atom stereocenters. The van der Waals surface area contributed by atoms with Gasteiger partial charge in [0, 0.05) is 5.56 Å². The second kappa shape index (κ2) is 11.9. The van der Waals surface area contributed by atoms with Crippen molar-refractivity contribution in [3.63, 3.8) is 0 Å². The number of halogens is 6. The SMILES string of the molecule is CCCCCCOc1ccc(PC(=O)c2c(C(F)(F)F)cccc2C(F)(F)F)cc1.[LiH]. The summed E-state index contributed by atoms with van der Waals surface area (Å²) in [5, 5.41) is 0.323. The van der Waals surface area contributed by atoms with Gasteiger partial charge in [0.05, 0.1) is 17.7 Å². The molecule has 0 saturated heterocycles. The molecule has 0 fully saturated rings. The first-order valence-corrected chi connectivity index (χ1v) is 10.4. The first-order valence-electron chi connectivity index (χ1n) is 9.35. The fourth-order valence-electron chi connectivity index (χ4n) is 2.82. The Labute approximate surface area is 190 Å². The van der Waals surface area contributed by atoms with Gasteiger partial charge < -0.3 is 4.74 Å². The molecule has 0 radical (unpaired) electrons. The average Bonchev–Trinajstić information content (AvgIpc) is 2.67. The van der Waals surface area contributed by atoms with Gasteiger partial charge in [0.15, 0.2) is 5.52 Å². The zero-order valence-corrected chi connectivity index (χ0v) is 17.2. The van der Waals surface area contributed by atoms with E-state index in [4.69, 9.17) is 4.74 Å². The van der Waals surface area contributed by atoms with Crippen molar-refractivity contribution in [2.24, 2.45) is 0 Å². The molecule has 0 aliphatic rings. The third-order valence-corrected chi connectivity index (χ3v) is 5.38. The van der Waals surface area contributed by atoms with Crippen LogP contribution in [0.1, 0.15) is 54.1 Å². The first kappa shape index (κ1) is 27.6. The molecule has 0 aliphatic heterocycles. The van der Waals surface area contributed by atoms with Crippen LogP contribution in [0.3, 0.4) is 0 Å². The molecule has 0 amide bonds. The molecule has 31 heavy (non-hydrogen) atoms. The van der Waals surface area contributed by atoms with Crippen molar-refractivity contribution in [3.8, 4) is 5.75 Å². The molecule has 2 nitrogen and oxygen atoms in total. The summed E-state index contributed by atoms with van der Waals surface area (Å²) < 4.78 is 84.9. The number of ether oxygens (including phenoxy) is 1. The molecule has 0 aliphatic carbocycles. The molecule has 2 aromatic carbocycles. The van der Waals surface area contributed by atoms with Gasteiger partial charge in [0.25, 0.3) is 0 Å². The van der Waals surface area contributed by atoms with E-state index in [0.717, 1.165) is 25.7 Å². The van der Waals surface area contributed by atoms with E-state index in [2.05, 4.69) is 6.92 Å². The number of unbranched alkanes of at least 4 members (excludes halogenated alkanes) is 3. The maximum absolute atomic E-state index is 13.2. The normalized spacial score (nSPS) is 12.1. The van der Waals surface area contributed by atoms with Crippen LogP contribution < -0.4 is 10.0 Å². The van der Waals surface area contributed by atoms with Crippen molar-refractivity contribution in [3.05, 3.63) is 59.2 Å². The number of carbonyl (C=O) groups excluding carboxylic acids is 1. The van der Waals surface area contributed by atoms with Crippen LogP contribution in [0.2, 0.25) is 0 Å². The molecule has 0 heterocycles. The molecule has 0 saturated carbocycles. The van der Waals surface area contributed by atoms with E-state index in [1.165, 1.54) is 12.1 Å². The third-order valence-electron chi connectivity index (χ3n) is 4.28. The Hall–Kier alpha value is -1.48. The predicted molar refractivity (Wildman–Crippen MR) is 112 cm³/mol. The number of carbonyl (C=O) groups is 1. The van der Waals surface area contributed by atoms with Gasteiger partial charge in [-0.1, -0.05) is 44.4 Å². The summed E-state index contributed by atoms with van der Waals surface area (Å²) in [5.74, 6) is 0.527. The van der Waals surface area contributed by atoms with Gasteiger partial charge in [0.2, 0.25) is 0 Å². The van der Waals surface area contributed by atoms with Crippen LogP contribution in [0.15, 0.2) is 42.5 Å². The van der Waals surface area contributed by atoms with Crippen LogP contribution in [-0.2, 0) is 12.4 Å². The molecule has 0 N–H and O–H groups in total. The average molecular weight is 458 g/mol. The molecule has 10 heteroatoms. The summed E-state index contributed by atoms with van der Waals surface area (Å²) in [6.45, 7) is 2.60. The van der Waals surface area contributed by atoms with Crippen molar-refractivity contribution < 1.29 is 35.9 Å². The Morgan fingerprint density at radius 3 is 1.90 bits per heavy atom. The van der Waals surface area contributed by atoms with Crippen LogP contribution in [-0.4, -0.2) is 31.0 Å². The van der Waals surface area contributed by atoms with Gasteiger partial charge in [-0.25, -0.2) is 0 Å². The zero-order chi connectivity index (χ0) is 22.4. The van der Waals surface area contributed by atoms with Crippen molar-refractivity contribution in [1.29, 1.82) is 0 Å². The van der Waals surface area contributed by atoms with Crippen LogP contribution in [0.25, 0.3) is 0 Å². The second-order valence-corrected chi connectivity index (χ2v) is 7.89. The van der Waals surface area contributed by atoms with Crippen molar-refractivity contribution >= 4 is 38.3 Å². The van der Waals surface area contributed by atoms with Gasteiger partial charge in [-0.15, -0.1) is 0 Å². The molecule has 166 valence electrons. The topological polar surface area (TPSA) is 26.3 Å². The van der Waals surface area contributed by atoms with Gasteiger partial charge in [-0.3, -0.25) is 4.79 Å². The summed E-state index contributed by atoms with van der Waals surface area (Å²) in [6, 6.07) is 7.68. The van der Waals surface area contributed by atoms with E-state index in [-0.39, 0.29) is 18.9 Å². The fraction of sp³-hybridized carbons (Fsp3) is 0.381. The minimum atomic E-state index is -5.08. The molecule has 0 spiro atoms. The van der Waals surface area contributed by atoms with Crippen molar-refractivity contribution in [1.82, 2.24) is 0 Å². The summed E-state index contributed by atoms with van der Waals surface area (Å²) >= 11 is 0. The minimum absolute atomic E-state index is 0. The first-order chi connectivity index (χ1) is 14.0. The Kier molecular flexibility index (Phi) is 10.6. The summed E-state index contributed by atoms with van der Waals surface area (Å²) in [4.78, 5) is 12.5. The van der Waals surface area contributed by atoms with E-state index < -0.39 is 43.1 Å².